The van der Waals surface area contributed by atoms with E-state index >= 15 is 0 Å². The summed E-state index contributed by atoms with van der Waals surface area (Å²) in [5.41, 5.74) is 10.5. The first-order valence-electron chi connectivity index (χ1n) is 18.0. The molecule has 9 nitrogen and oxygen atoms in total. The van der Waals surface area contributed by atoms with Crippen molar-refractivity contribution in [3.8, 4) is 11.1 Å². The summed E-state index contributed by atoms with van der Waals surface area (Å²) in [6, 6.07) is 24.9. The highest BCUT2D eigenvalue weighted by molar-refractivity contribution is 5.93. The van der Waals surface area contributed by atoms with Gasteiger partial charge in [0.25, 0.3) is 0 Å². The van der Waals surface area contributed by atoms with Crippen molar-refractivity contribution in [2.75, 3.05) is 19.6 Å². The summed E-state index contributed by atoms with van der Waals surface area (Å²) in [7, 11) is 0. The molecule has 2 heterocycles. The van der Waals surface area contributed by atoms with Crippen molar-refractivity contribution < 1.29 is 19.1 Å². The molecule has 2 unspecified atom stereocenters. The fourth-order valence-corrected chi connectivity index (χ4v) is 6.93. The molecule has 0 saturated carbocycles. The third-order valence-electron chi connectivity index (χ3n) is 9.52. The molecule has 1 saturated heterocycles. The van der Waals surface area contributed by atoms with Gasteiger partial charge in [-0.05, 0) is 94.3 Å². The van der Waals surface area contributed by atoms with Gasteiger partial charge >= 0.3 is 5.97 Å². The molecule has 1 aromatic heterocycles. The number of benzene rings is 3. The number of carbonyl (C=O) groups is 3. The first kappa shape index (κ1) is 36.8. The van der Waals surface area contributed by atoms with Crippen LogP contribution in [0.15, 0.2) is 85.1 Å². The third-order valence-corrected chi connectivity index (χ3v) is 9.52. The van der Waals surface area contributed by atoms with E-state index in [-0.39, 0.29) is 11.8 Å². The van der Waals surface area contributed by atoms with Gasteiger partial charge in [-0.15, -0.1) is 0 Å². The zero-order valence-electron chi connectivity index (χ0n) is 29.9. The second-order valence-electron chi connectivity index (χ2n) is 14.5. The Kier molecular flexibility index (Phi) is 12.5. The lowest BCUT2D eigenvalue weighted by molar-refractivity contribution is -0.159. The van der Waals surface area contributed by atoms with Crippen LogP contribution >= 0.6 is 0 Å². The van der Waals surface area contributed by atoms with Gasteiger partial charge in [0.2, 0.25) is 11.8 Å². The number of nitrogens with zero attached hydrogens (tertiary/aromatic N) is 1. The highest BCUT2D eigenvalue weighted by Gasteiger charge is 2.36. The Bertz CT molecular complexity index is 1730. The van der Waals surface area contributed by atoms with Crippen LogP contribution in [0.1, 0.15) is 76.8 Å². The summed E-state index contributed by atoms with van der Waals surface area (Å²) in [5.74, 6) is -1.74. The molecule has 5 rings (SSSR count). The second-order valence-corrected chi connectivity index (χ2v) is 14.5. The van der Waals surface area contributed by atoms with Gasteiger partial charge in [-0.1, -0.05) is 79.7 Å². The van der Waals surface area contributed by atoms with Crippen LogP contribution in [0, 0.1) is 5.92 Å². The second kappa shape index (κ2) is 17.0. The van der Waals surface area contributed by atoms with Gasteiger partial charge in [-0.3, -0.25) is 14.5 Å². The minimum absolute atomic E-state index is 0.158. The number of carbonyl (C=O) groups excluding carboxylic acids is 3. The summed E-state index contributed by atoms with van der Waals surface area (Å²) in [5, 5.41) is 7.11. The number of hydrogen-bond acceptors (Lipinski definition) is 6. The number of fused-ring (bicyclic) bond motifs is 1. The number of hydrogen-bond donors (Lipinski definition) is 4. The van der Waals surface area contributed by atoms with Crippen LogP contribution in [0.3, 0.4) is 0 Å². The van der Waals surface area contributed by atoms with Gasteiger partial charge in [-0.25, -0.2) is 4.79 Å². The number of rotatable bonds is 14. The quantitative estimate of drug-likeness (QED) is 0.0916. The number of unbranched alkanes of at least 4 members (excludes halogenated alkanes) is 1. The lowest BCUT2D eigenvalue weighted by Crippen LogP contribution is -2.56. The van der Waals surface area contributed by atoms with Crippen molar-refractivity contribution in [2.45, 2.75) is 89.9 Å². The molecule has 0 spiro atoms. The van der Waals surface area contributed by atoms with Crippen LogP contribution in [0.5, 0.6) is 0 Å². The first-order chi connectivity index (χ1) is 24.0. The normalized spacial score (nSPS) is 17.1. The van der Waals surface area contributed by atoms with Gasteiger partial charge in [0, 0.05) is 36.1 Å². The number of nitrogens with one attached hydrogen (secondary N) is 3. The van der Waals surface area contributed by atoms with Crippen LogP contribution in [-0.2, 0) is 25.7 Å². The van der Waals surface area contributed by atoms with E-state index in [1.165, 1.54) is 16.7 Å². The van der Waals surface area contributed by atoms with E-state index in [9.17, 15) is 14.4 Å². The molecule has 0 radical (unpaired) electrons. The van der Waals surface area contributed by atoms with Crippen molar-refractivity contribution in [3.05, 3.63) is 96.2 Å². The first-order valence-corrected chi connectivity index (χ1v) is 18.0. The highest BCUT2D eigenvalue weighted by Crippen LogP contribution is 2.30. The van der Waals surface area contributed by atoms with Gasteiger partial charge in [0.15, 0.2) is 0 Å². The van der Waals surface area contributed by atoms with Crippen LogP contribution in [0.2, 0.25) is 0 Å². The predicted molar refractivity (Wildman–Crippen MR) is 199 cm³/mol. The van der Waals surface area contributed by atoms with Crippen molar-refractivity contribution in [1.29, 1.82) is 0 Å². The fourth-order valence-electron chi connectivity index (χ4n) is 6.93. The van der Waals surface area contributed by atoms with Gasteiger partial charge < -0.3 is 26.1 Å². The molecule has 4 aromatic rings. The number of piperidine rings is 1. The highest BCUT2D eigenvalue weighted by atomic mass is 16.6. The SMILES string of the molecule is C[C@@H](c1c[nH]c2ccccc12)C(NC(=O)C1CCCN(Cc2ccccc2-c2ccccc2)C1)C(=O)N[C@@H](CCCCN)C(=O)OC(C)(C)C. The van der Waals surface area contributed by atoms with Crippen LogP contribution < -0.4 is 16.4 Å². The number of likely N-dealkylation sites (tertiary alicyclic amines) is 1. The van der Waals surface area contributed by atoms with Crippen LogP contribution in [0.25, 0.3) is 22.0 Å². The Hall–Kier alpha value is -4.47. The van der Waals surface area contributed by atoms with E-state index in [1.807, 2.05) is 55.6 Å². The van der Waals surface area contributed by atoms with E-state index in [1.54, 1.807) is 20.8 Å². The Morgan fingerprint density at radius 1 is 0.960 bits per heavy atom. The van der Waals surface area contributed by atoms with E-state index in [4.69, 9.17) is 10.5 Å². The average Bonchev–Trinajstić information content (AvgIpc) is 3.54. The molecule has 5 N–H and O–H groups in total. The maximum absolute atomic E-state index is 14.2. The number of para-hydroxylation sites is 1. The molecule has 1 aliphatic rings. The minimum Gasteiger partial charge on any atom is -0.458 e. The molecule has 1 fully saturated rings. The average molecular weight is 680 g/mol. The number of aromatic amines is 1. The number of aromatic nitrogens is 1. The molecule has 2 amide bonds. The number of ether oxygens (including phenoxy) is 1. The van der Waals surface area contributed by atoms with Crippen molar-refractivity contribution in [1.82, 2.24) is 20.5 Å². The van der Waals surface area contributed by atoms with Gasteiger partial charge in [0.1, 0.15) is 17.7 Å². The van der Waals surface area contributed by atoms with Crippen LogP contribution in [-0.4, -0.2) is 65.0 Å². The lowest BCUT2D eigenvalue weighted by atomic mass is 9.90. The Labute approximate surface area is 296 Å². The summed E-state index contributed by atoms with van der Waals surface area (Å²) < 4.78 is 5.69. The molecule has 50 heavy (non-hydrogen) atoms. The third kappa shape index (κ3) is 9.61. The van der Waals surface area contributed by atoms with Gasteiger partial charge in [0.05, 0.1) is 5.92 Å². The standard InChI is InChI=1S/C41H53N5O4/c1-28(34-25-43-35-21-11-10-20-33(34)35)37(39(48)44-36(22-12-13-23-42)40(49)50-41(2,3)4)45-38(47)31-18-14-24-46(27-31)26-30-17-8-9-19-32(30)29-15-6-5-7-16-29/h5-11,15-17,19-21,25,28,31,36-37,43H,12-14,18,22-24,26-27,42H2,1-4H3,(H,44,48)(H,45,47)/t28-,31?,36-,37?/m0/s1. The van der Waals surface area contributed by atoms with E-state index < -0.39 is 35.5 Å². The van der Waals surface area contributed by atoms with E-state index in [2.05, 4.69) is 56.9 Å². The lowest BCUT2D eigenvalue weighted by Gasteiger charge is -2.34. The van der Waals surface area contributed by atoms with Crippen LogP contribution in [0.4, 0.5) is 0 Å². The molecule has 4 atom stereocenters. The molecular weight excluding hydrogens is 626 g/mol. The number of amides is 2. The molecule has 266 valence electrons. The molecule has 9 heteroatoms. The monoisotopic (exact) mass is 679 g/mol. The smallest absolute Gasteiger partial charge is 0.329 e. The van der Waals surface area contributed by atoms with E-state index in [0.717, 1.165) is 48.8 Å². The molecule has 1 aliphatic heterocycles. The minimum atomic E-state index is -0.921. The Morgan fingerprint density at radius 3 is 2.44 bits per heavy atom. The van der Waals surface area contributed by atoms with Gasteiger partial charge in [-0.2, -0.15) is 0 Å². The largest absolute Gasteiger partial charge is 0.458 e. The maximum atomic E-state index is 14.2. The number of nitrogens with two attached hydrogens (primary N) is 1. The van der Waals surface area contributed by atoms with E-state index in [0.29, 0.717) is 25.9 Å². The zero-order valence-corrected chi connectivity index (χ0v) is 29.9. The summed E-state index contributed by atoms with van der Waals surface area (Å²) >= 11 is 0. The number of H-pyrrole nitrogens is 1. The zero-order chi connectivity index (χ0) is 35.7. The molecular formula is C41H53N5O4. The predicted octanol–water partition coefficient (Wildman–Crippen LogP) is 6.29. The summed E-state index contributed by atoms with van der Waals surface area (Å²) in [6.45, 7) is 10.1. The fraction of sp³-hybridized carbons (Fsp3) is 0.439. The Balaban J connectivity index is 1.35. The summed E-state index contributed by atoms with van der Waals surface area (Å²) in [4.78, 5) is 47.3. The molecule has 0 aliphatic carbocycles. The maximum Gasteiger partial charge on any atom is 0.329 e. The van der Waals surface area contributed by atoms with Crippen molar-refractivity contribution in [2.24, 2.45) is 11.7 Å². The molecule has 0 bridgehead atoms. The molecule has 3 aromatic carbocycles. The topological polar surface area (TPSA) is 130 Å². The number of esters is 1. The summed E-state index contributed by atoms with van der Waals surface area (Å²) in [6.07, 6.45) is 5.28. The van der Waals surface area contributed by atoms with Crippen molar-refractivity contribution in [3.63, 3.8) is 0 Å². The van der Waals surface area contributed by atoms with Crippen molar-refractivity contribution >= 4 is 28.7 Å². The Morgan fingerprint density at radius 2 is 1.68 bits per heavy atom.